The molecule has 1 aromatic carbocycles. The third kappa shape index (κ3) is 3.72. The van der Waals surface area contributed by atoms with Gasteiger partial charge in [-0.05, 0) is 12.8 Å². The normalized spacial score (nSPS) is 14.0. The number of carbonyl (C=O) groups is 1. The molecule has 122 valence electrons. The highest BCUT2D eigenvalue weighted by atomic mass is 32.1. The van der Waals surface area contributed by atoms with Crippen LogP contribution in [-0.4, -0.2) is 29.0 Å². The van der Waals surface area contributed by atoms with Gasteiger partial charge in [-0.25, -0.2) is 9.78 Å². The zero-order chi connectivity index (χ0) is 16.4. The number of carbonyl (C=O) groups excluding carboxylic acids is 1. The number of nitrogens with one attached hydrogen (secondary N) is 1. The van der Waals surface area contributed by atoms with E-state index in [1.807, 2.05) is 4.90 Å². The van der Waals surface area contributed by atoms with E-state index in [2.05, 4.69) is 50.4 Å². The van der Waals surface area contributed by atoms with Crippen molar-refractivity contribution in [3.63, 3.8) is 0 Å². The second kappa shape index (κ2) is 6.71. The molecule has 0 saturated heterocycles. The molecule has 5 heteroatoms. The summed E-state index contributed by atoms with van der Waals surface area (Å²) in [7, 11) is 0. The molecule has 0 fully saturated rings. The number of hydrogen-bond donors (Lipinski definition) is 1. The number of hydrogen-bond acceptors (Lipinski definition) is 3. The Kier molecular flexibility index (Phi) is 4.66. The number of amides is 2. The number of fused-ring (bicyclic) bond motifs is 1. The van der Waals surface area contributed by atoms with E-state index >= 15 is 0 Å². The van der Waals surface area contributed by atoms with Crippen molar-refractivity contribution in [1.82, 2.24) is 15.2 Å². The molecule has 2 heterocycles. The number of nitrogens with zero attached hydrogens (tertiary/aromatic N) is 2. The Morgan fingerprint density at radius 2 is 2.09 bits per heavy atom. The highest BCUT2D eigenvalue weighted by molar-refractivity contribution is 7.15. The van der Waals surface area contributed by atoms with Crippen LogP contribution >= 0.6 is 11.3 Å². The Labute approximate surface area is 141 Å². The second-order valence-electron chi connectivity index (χ2n) is 6.51. The lowest BCUT2D eigenvalue weighted by molar-refractivity contribution is 0.191. The van der Waals surface area contributed by atoms with Crippen LogP contribution in [0.1, 0.15) is 30.0 Å². The quantitative estimate of drug-likeness (QED) is 0.930. The first-order valence-electron chi connectivity index (χ1n) is 8.11. The van der Waals surface area contributed by atoms with Gasteiger partial charge in [0.25, 0.3) is 0 Å². The molecule has 1 N–H and O–H groups in total. The third-order valence-electron chi connectivity index (χ3n) is 3.98. The first-order chi connectivity index (χ1) is 11.0. The number of thiazole rings is 1. The molecule has 0 unspecified atom stereocenters. The molecular formula is C18H23N3OS. The van der Waals surface area contributed by atoms with E-state index in [4.69, 9.17) is 4.98 Å². The Bertz CT molecular complexity index is 691. The van der Waals surface area contributed by atoms with E-state index in [0.717, 1.165) is 35.8 Å². The van der Waals surface area contributed by atoms with Crippen LogP contribution in [0, 0.1) is 12.8 Å². The Balaban J connectivity index is 1.72. The predicted molar refractivity (Wildman–Crippen MR) is 94.6 cm³/mol. The van der Waals surface area contributed by atoms with Crippen LogP contribution in [0.25, 0.3) is 10.6 Å². The van der Waals surface area contributed by atoms with Crippen LogP contribution in [0.4, 0.5) is 4.79 Å². The molecular weight excluding hydrogens is 306 g/mol. The van der Waals surface area contributed by atoms with Gasteiger partial charge in [0.05, 0.1) is 12.2 Å². The molecule has 1 aromatic heterocycles. The lowest BCUT2D eigenvalue weighted by Crippen LogP contribution is -2.43. The van der Waals surface area contributed by atoms with Gasteiger partial charge in [-0.1, -0.05) is 43.7 Å². The minimum atomic E-state index is 0.0367. The molecule has 3 rings (SSSR count). The SMILES string of the molecule is Cc1ccc(-c2nc3c(s2)CN(C(=O)NCC(C)C)CC3)cc1. The van der Waals surface area contributed by atoms with Crippen LogP contribution in [0.5, 0.6) is 0 Å². The van der Waals surface area contributed by atoms with Crippen molar-refractivity contribution in [1.29, 1.82) is 0 Å². The maximum absolute atomic E-state index is 12.2. The predicted octanol–water partition coefficient (Wildman–Crippen LogP) is 3.84. The molecule has 2 amide bonds. The fourth-order valence-electron chi connectivity index (χ4n) is 2.59. The zero-order valence-corrected chi connectivity index (χ0v) is 14.7. The summed E-state index contributed by atoms with van der Waals surface area (Å²) in [5.41, 5.74) is 3.56. The number of rotatable bonds is 3. The first kappa shape index (κ1) is 16.0. The van der Waals surface area contributed by atoms with Gasteiger partial charge in [-0.2, -0.15) is 0 Å². The van der Waals surface area contributed by atoms with Crippen LogP contribution in [0.15, 0.2) is 24.3 Å². The summed E-state index contributed by atoms with van der Waals surface area (Å²) < 4.78 is 0. The maximum Gasteiger partial charge on any atom is 0.317 e. The molecule has 0 aliphatic carbocycles. The zero-order valence-electron chi connectivity index (χ0n) is 13.9. The van der Waals surface area contributed by atoms with E-state index in [1.54, 1.807) is 11.3 Å². The van der Waals surface area contributed by atoms with Crippen molar-refractivity contribution in [2.75, 3.05) is 13.1 Å². The number of aromatic nitrogens is 1. The molecule has 0 atom stereocenters. The smallest absolute Gasteiger partial charge is 0.317 e. The Morgan fingerprint density at radius 1 is 1.35 bits per heavy atom. The van der Waals surface area contributed by atoms with E-state index in [9.17, 15) is 4.79 Å². The lowest BCUT2D eigenvalue weighted by Gasteiger charge is -2.26. The Hall–Kier alpha value is -1.88. The van der Waals surface area contributed by atoms with Gasteiger partial charge in [0.2, 0.25) is 0 Å². The van der Waals surface area contributed by atoms with E-state index in [0.29, 0.717) is 12.5 Å². The van der Waals surface area contributed by atoms with Gasteiger partial charge in [0.1, 0.15) is 5.01 Å². The summed E-state index contributed by atoms with van der Waals surface area (Å²) in [6, 6.07) is 8.50. The minimum absolute atomic E-state index is 0.0367. The molecule has 0 bridgehead atoms. The van der Waals surface area contributed by atoms with E-state index < -0.39 is 0 Å². The van der Waals surface area contributed by atoms with Gasteiger partial charge in [0, 0.05) is 30.0 Å². The molecule has 4 nitrogen and oxygen atoms in total. The number of benzene rings is 1. The molecule has 1 aliphatic rings. The van der Waals surface area contributed by atoms with Gasteiger partial charge in [-0.3, -0.25) is 0 Å². The van der Waals surface area contributed by atoms with Crippen LogP contribution in [0.2, 0.25) is 0 Å². The van der Waals surface area contributed by atoms with Crippen molar-refractivity contribution < 1.29 is 4.79 Å². The number of aryl methyl sites for hydroxylation is 1. The first-order valence-corrected chi connectivity index (χ1v) is 8.93. The molecule has 0 saturated carbocycles. The van der Waals surface area contributed by atoms with Crippen LogP contribution in [-0.2, 0) is 13.0 Å². The summed E-state index contributed by atoms with van der Waals surface area (Å²) >= 11 is 1.71. The van der Waals surface area contributed by atoms with Crippen LogP contribution < -0.4 is 5.32 Å². The lowest BCUT2D eigenvalue weighted by atomic mass is 10.1. The summed E-state index contributed by atoms with van der Waals surface area (Å²) in [6.07, 6.45) is 0.840. The average Bonchev–Trinajstić information content (AvgIpc) is 2.96. The van der Waals surface area contributed by atoms with Crippen LogP contribution in [0.3, 0.4) is 0 Å². The molecule has 1 aliphatic heterocycles. The summed E-state index contributed by atoms with van der Waals surface area (Å²) in [5, 5.41) is 4.05. The van der Waals surface area contributed by atoms with Crippen molar-refractivity contribution in [3.8, 4) is 10.6 Å². The topological polar surface area (TPSA) is 45.2 Å². The highest BCUT2D eigenvalue weighted by Crippen LogP contribution is 2.31. The molecule has 0 radical (unpaired) electrons. The highest BCUT2D eigenvalue weighted by Gasteiger charge is 2.24. The summed E-state index contributed by atoms with van der Waals surface area (Å²) in [5.74, 6) is 0.468. The van der Waals surface area contributed by atoms with Crippen molar-refractivity contribution in [3.05, 3.63) is 40.4 Å². The largest absolute Gasteiger partial charge is 0.338 e. The number of urea groups is 1. The monoisotopic (exact) mass is 329 g/mol. The van der Waals surface area contributed by atoms with Gasteiger partial charge in [0.15, 0.2) is 0 Å². The van der Waals surface area contributed by atoms with Crippen molar-refractivity contribution >= 4 is 17.4 Å². The van der Waals surface area contributed by atoms with E-state index in [1.165, 1.54) is 10.4 Å². The van der Waals surface area contributed by atoms with E-state index in [-0.39, 0.29) is 6.03 Å². The third-order valence-corrected chi connectivity index (χ3v) is 5.11. The standard InChI is InChI=1S/C18H23N3OS/c1-12(2)10-19-18(22)21-9-8-15-16(11-21)23-17(20-15)14-6-4-13(3)5-7-14/h4-7,12H,8-11H2,1-3H3,(H,19,22). The van der Waals surface area contributed by atoms with Gasteiger partial charge in [-0.15, -0.1) is 11.3 Å². The average molecular weight is 329 g/mol. The molecule has 0 spiro atoms. The Morgan fingerprint density at radius 3 is 2.78 bits per heavy atom. The maximum atomic E-state index is 12.2. The van der Waals surface area contributed by atoms with Gasteiger partial charge < -0.3 is 10.2 Å². The fourth-order valence-corrected chi connectivity index (χ4v) is 3.72. The van der Waals surface area contributed by atoms with Crippen molar-refractivity contribution in [2.45, 2.75) is 33.7 Å². The van der Waals surface area contributed by atoms with Gasteiger partial charge >= 0.3 is 6.03 Å². The minimum Gasteiger partial charge on any atom is -0.338 e. The van der Waals surface area contributed by atoms with Crippen molar-refractivity contribution in [2.24, 2.45) is 5.92 Å². The summed E-state index contributed by atoms with van der Waals surface area (Å²) in [4.78, 5) is 20.1. The second-order valence-corrected chi connectivity index (χ2v) is 7.59. The fraction of sp³-hybridized carbons (Fsp3) is 0.444. The summed E-state index contributed by atoms with van der Waals surface area (Å²) in [6.45, 7) is 8.43. The molecule has 23 heavy (non-hydrogen) atoms. The molecule has 2 aromatic rings.